The first-order valence-electron chi connectivity index (χ1n) is 6.62. The van der Waals surface area contributed by atoms with Crippen LogP contribution in [0.2, 0.25) is 0 Å². The molecule has 0 fully saturated rings. The van der Waals surface area contributed by atoms with Crippen LogP contribution in [-0.2, 0) is 0 Å². The van der Waals surface area contributed by atoms with E-state index in [2.05, 4.69) is 0 Å². The van der Waals surface area contributed by atoms with Gasteiger partial charge in [-0.15, -0.1) is 4.73 Å². The molecule has 2 aromatic carbocycles. The predicted molar refractivity (Wildman–Crippen MR) is 79.6 cm³/mol. The number of furan rings is 1. The third kappa shape index (κ3) is 1.61. The SMILES string of the molecule is O=c1c(-c2cc3ccccc3o2)[n+]([O-])c2ccccc2n1O. The van der Waals surface area contributed by atoms with E-state index in [1.807, 2.05) is 12.1 Å². The Morgan fingerprint density at radius 2 is 1.82 bits per heavy atom. The highest BCUT2D eigenvalue weighted by atomic mass is 16.5. The molecule has 2 aromatic heterocycles. The lowest BCUT2D eigenvalue weighted by atomic mass is 10.2. The maximum absolute atomic E-state index is 12.5. The number of aromatic nitrogens is 2. The lowest BCUT2D eigenvalue weighted by molar-refractivity contribution is -0.567. The normalized spacial score (nSPS) is 11.3. The summed E-state index contributed by atoms with van der Waals surface area (Å²) in [4.78, 5) is 12.3. The van der Waals surface area contributed by atoms with E-state index in [-0.39, 0.29) is 22.5 Å². The van der Waals surface area contributed by atoms with Crippen molar-refractivity contribution < 1.29 is 14.4 Å². The van der Waals surface area contributed by atoms with E-state index < -0.39 is 5.56 Å². The molecule has 0 unspecified atom stereocenters. The van der Waals surface area contributed by atoms with Gasteiger partial charge >= 0.3 is 11.3 Å². The molecule has 6 nitrogen and oxygen atoms in total. The fraction of sp³-hybridized carbons (Fsp3) is 0. The van der Waals surface area contributed by atoms with Gasteiger partial charge in [0.1, 0.15) is 5.58 Å². The van der Waals surface area contributed by atoms with Crippen molar-refractivity contribution in [1.82, 2.24) is 4.73 Å². The van der Waals surface area contributed by atoms with Crippen LogP contribution in [0.5, 0.6) is 0 Å². The molecule has 0 aliphatic rings. The van der Waals surface area contributed by atoms with Crippen molar-refractivity contribution in [3.05, 3.63) is 70.2 Å². The zero-order valence-corrected chi connectivity index (χ0v) is 11.3. The van der Waals surface area contributed by atoms with Gasteiger partial charge in [-0.2, -0.15) is 4.73 Å². The van der Waals surface area contributed by atoms with Crippen molar-refractivity contribution in [2.75, 3.05) is 0 Å². The summed E-state index contributed by atoms with van der Waals surface area (Å²) in [5.74, 6) is 0.120. The Labute approximate surface area is 123 Å². The number of para-hydroxylation sites is 3. The predicted octanol–water partition coefficient (Wildman–Crippen LogP) is 2.29. The number of nitrogens with zero attached hydrogens (tertiary/aromatic N) is 2. The van der Waals surface area contributed by atoms with Gasteiger partial charge in [-0.25, -0.2) is 0 Å². The molecule has 108 valence electrons. The summed E-state index contributed by atoms with van der Waals surface area (Å²) in [6.45, 7) is 0. The molecule has 0 bridgehead atoms. The Balaban J connectivity index is 2.12. The van der Waals surface area contributed by atoms with Crippen molar-refractivity contribution >= 4 is 22.0 Å². The van der Waals surface area contributed by atoms with Crippen LogP contribution in [0.3, 0.4) is 0 Å². The summed E-state index contributed by atoms with van der Waals surface area (Å²) in [7, 11) is 0. The molecule has 22 heavy (non-hydrogen) atoms. The topological polar surface area (TPSA) is 82.3 Å². The van der Waals surface area contributed by atoms with Gasteiger partial charge in [0.25, 0.3) is 0 Å². The lowest BCUT2D eigenvalue weighted by Crippen LogP contribution is -2.40. The molecular weight excluding hydrogens is 284 g/mol. The van der Waals surface area contributed by atoms with Gasteiger partial charge < -0.3 is 14.8 Å². The summed E-state index contributed by atoms with van der Waals surface area (Å²) in [5, 5.41) is 23.3. The second-order valence-corrected chi connectivity index (χ2v) is 4.90. The molecule has 0 saturated carbocycles. The summed E-state index contributed by atoms with van der Waals surface area (Å²) in [6, 6.07) is 15.1. The Kier molecular flexibility index (Phi) is 2.47. The molecule has 6 heteroatoms. The van der Waals surface area contributed by atoms with E-state index in [0.717, 1.165) is 5.39 Å². The van der Waals surface area contributed by atoms with Gasteiger partial charge in [0.15, 0.2) is 5.52 Å². The van der Waals surface area contributed by atoms with Gasteiger partial charge in [-0.05, 0) is 18.2 Å². The Hall–Kier alpha value is -3.28. The maximum Gasteiger partial charge on any atom is 0.360 e. The molecule has 0 amide bonds. The zero-order valence-electron chi connectivity index (χ0n) is 11.3. The van der Waals surface area contributed by atoms with Crippen LogP contribution >= 0.6 is 0 Å². The average Bonchev–Trinajstić information content (AvgIpc) is 2.96. The Bertz CT molecular complexity index is 1050. The summed E-state index contributed by atoms with van der Waals surface area (Å²) in [6.07, 6.45) is 0. The molecule has 0 aliphatic carbocycles. The summed E-state index contributed by atoms with van der Waals surface area (Å²) >= 11 is 0. The average molecular weight is 294 g/mol. The second-order valence-electron chi connectivity index (χ2n) is 4.90. The number of benzene rings is 2. The maximum atomic E-state index is 12.5. The highest BCUT2D eigenvalue weighted by Crippen LogP contribution is 2.24. The van der Waals surface area contributed by atoms with Crippen LogP contribution < -0.4 is 10.3 Å². The summed E-state index contributed by atoms with van der Waals surface area (Å²) < 4.78 is 6.53. The van der Waals surface area contributed by atoms with Crippen molar-refractivity contribution in [3.8, 4) is 11.5 Å². The standard InChI is InChI=1S/C16H10N2O4/c19-16-15(14-9-10-5-1-4-8-13(10)22-14)17(20)11-6-2-3-7-12(11)18(16)21/h1-9,21H. The zero-order chi connectivity index (χ0) is 15.3. The summed E-state index contributed by atoms with van der Waals surface area (Å²) in [5.41, 5.74) is -0.192. The first-order valence-corrected chi connectivity index (χ1v) is 6.62. The highest BCUT2D eigenvalue weighted by Gasteiger charge is 2.25. The van der Waals surface area contributed by atoms with Gasteiger partial charge in [-0.3, -0.25) is 4.79 Å². The van der Waals surface area contributed by atoms with Gasteiger partial charge in [0.2, 0.25) is 11.3 Å². The third-order valence-electron chi connectivity index (χ3n) is 3.59. The lowest BCUT2D eigenvalue weighted by Gasteiger charge is -2.07. The van der Waals surface area contributed by atoms with Crippen molar-refractivity contribution in [2.24, 2.45) is 0 Å². The van der Waals surface area contributed by atoms with Crippen LogP contribution in [0.4, 0.5) is 0 Å². The van der Waals surface area contributed by atoms with Gasteiger partial charge in [0.05, 0.1) is 0 Å². The molecular formula is C16H10N2O4. The van der Waals surface area contributed by atoms with E-state index >= 15 is 0 Å². The molecule has 1 N–H and O–H groups in total. The fourth-order valence-electron chi connectivity index (χ4n) is 2.54. The van der Waals surface area contributed by atoms with Crippen LogP contribution in [0, 0.1) is 5.21 Å². The second kappa shape index (κ2) is 4.36. The molecule has 4 aromatic rings. The molecule has 0 saturated heterocycles. The van der Waals surface area contributed by atoms with E-state index in [1.165, 1.54) is 12.1 Å². The number of fused-ring (bicyclic) bond motifs is 2. The Morgan fingerprint density at radius 1 is 1.09 bits per heavy atom. The van der Waals surface area contributed by atoms with Crippen LogP contribution in [0.25, 0.3) is 33.5 Å². The van der Waals surface area contributed by atoms with Gasteiger partial charge in [-0.1, -0.05) is 30.3 Å². The minimum Gasteiger partial charge on any atom is -0.618 e. The van der Waals surface area contributed by atoms with Crippen LogP contribution in [0.15, 0.2) is 63.8 Å². The van der Waals surface area contributed by atoms with Crippen LogP contribution in [0.1, 0.15) is 0 Å². The first-order chi connectivity index (χ1) is 10.7. The van der Waals surface area contributed by atoms with Crippen molar-refractivity contribution in [3.63, 3.8) is 0 Å². The van der Waals surface area contributed by atoms with E-state index in [0.29, 0.717) is 15.0 Å². The monoisotopic (exact) mass is 294 g/mol. The number of rotatable bonds is 1. The third-order valence-corrected chi connectivity index (χ3v) is 3.59. The van der Waals surface area contributed by atoms with Gasteiger partial charge in [0, 0.05) is 11.5 Å². The highest BCUT2D eigenvalue weighted by molar-refractivity contribution is 5.82. The number of hydrogen-bond donors (Lipinski definition) is 1. The molecule has 0 radical (unpaired) electrons. The largest absolute Gasteiger partial charge is 0.618 e. The quantitative estimate of drug-likeness (QED) is 0.332. The molecule has 0 atom stereocenters. The Morgan fingerprint density at radius 3 is 2.64 bits per heavy atom. The molecule has 2 heterocycles. The van der Waals surface area contributed by atoms with Crippen LogP contribution in [-0.4, -0.2) is 9.94 Å². The minimum atomic E-state index is -0.826. The van der Waals surface area contributed by atoms with Crippen molar-refractivity contribution in [1.29, 1.82) is 0 Å². The van der Waals surface area contributed by atoms with E-state index in [9.17, 15) is 15.2 Å². The van der Waals surface area contributed by atoms with Crippen molar-refractivity contribution in [2.45, 2.75) is 0 Å². The first kappa shape index (κ1) is 12.5. The number of hydrogen-bond acceptors (Lipinski definition) is 4. The molecule has 0 aliphatic heterocycles. The van der Waals surface area contributed by atoms with E-state index in [1.54, 1.807) is 30.3 Å². The molecule has 0 spiro atoms. The fourth-order valence-corrected chi connectivity index (χ4v) is 2.54. The van der Waals surface area contributed by atoms with E-state index in [4.69, 9.17) is 4.42 Å². The smallest absolute Gasteiger partial charge is 0.360 e. The molecule has 4 rings (SSSR count). The minimum absolute atomic E-state index is 0.120.